The average Bonchev–Trinajstić information content (AvgIpc) is 3.24. The van der Waals surface area contributed by atoms with Gasteiger partial charge < -0.3 is 15.4 Å². The van der Waals surface area contributed by atoms with Gasteiger partial charge in [0, 0.05) is 51.9 Å². The SMILES string of the molecule is COc1ccc(NC(C)=O)cc1NC(=O)CN1CCN(S(=O)(=O)N2CCCC2)CC1. The summed E-state index contributed by atoms with van der Waals surface area (Å²) in [7, 11) is -1.89. The van der Waals surface area contributed by atoms with Crippen LogP contribution in [0.4, 0.5) is 11.4 Å². The molecule has 0 spiro atoms. The molecule has 1 aromatic rings. The van der Waals surface area contributed by atoms with E-state index in [0.717, 1.165) is 12.8 Å². The lowest BCUT2D eigenvalue weighted by atomic mass is 10.2. The topological polar surface area (TPSA) is 111 Å². The van der Waals surface area contributed by atoms with Crippen molar-refractivity contribution in [3.05, 3.63) is 18.2 Å². The quantitative estimate of drug-likeness (QED) is 0.642. The van der Waals surface area contributed by atoms with Gasteiger partial charge in [-0.15, -0.1) is 0 Å². The first-order valence-corrected chi connectivity index (χ1v) is 11.4. The van der Waals surface area contributed by atoms with Crippen LogP contribution in [-0.4, -0.2) is 86.7 Å². The summed E-state index contributed by atoms with van der Waals surface area (Å²) in [5.41, 5.74) is 1.02. The van der Waals surface area contributed by atoms with E-state index >= 15 is 0 Å². The molecule has 10 nitrogen and oxygen atoms in total. The summed E-state index contributed by atoms with van der Waals surface area (Å²) < 4.78 is 33.6. The highest BCUT2D eigenvalue weighted by molar-refractivity contribution is 7.86. The number of methoxy groups -OCH3 is 1. The molecular weight excluding hydrogens is 410 g/mol. The number of hydrogen-bond acceptors (Lipinski definition) is 6. The van der Waals surface area contributed by atoms with Gasteiger partial charge in [-0.2, -0.15) is 17.0 Å². The highest BCUT2D eigenvalue weighted by atomic mass is 32.2. The third-order valence-corrected chi connectivity index (χ3v) is 7.25. The number of carbonyl (C=O) groups excluding carboxylic acids is 2. The second kappa shape index (κ2) is 9.73. The van der Waals surface area contributed by atoms with Gasteiger partial charge in [-0.05, 0) is 31.0 Å². The van der Waals surface area contributed by atoms with Gasteiger partial charge in [0.1, 0.15) is 5.75 Å². The summed E-state index contributed by atoms with van der Waals surface area (Å²) in [5, 5.41) is 5.48. The van der Waals surface area contributed by atoms with Gasteiger partial charge >= 0.3 is 0 Å². The molecule has 0 saturated carbocycles. The first-order valence-electron chi connectivity index (χ1n) is 10.0. The molecule has 2 saturated heterocycles. The zero-order valence-electron chi connectivity index (χ0n) is 17.4. The normalized spacial score (nSPS) is 18.9. The van der Waals surface area contributed by atoms with Crippen LogP contribution in [0, 0.1) is 0 Å². The summed E-state index contributed by atoms with van der Waals surface area (Å²) in [6, 6.07) is 5.00. The number of benzene rings is 1. The molecule has 2 heterocycles. The van der Waals surface area contributed by atoms with Crippen LogP contribution in [0.2, 0.25) is 0 Å². The van der Waals surface area contributed by atoms with Crippen molar-refractivity contribution in [1.29, 1.82) is 0 Å². The van der Waals surface area contributed by atoms with E-state index in [1.807, 2.05) is 4.90 Å². The highest BCUT2D eigenvalue weighted by Gasteiger charge is 2.34. The van der Waals surface area contributed by atoms with E-state index in [1.165, 1.54) is 18.3 Å². The molecule has 2 aliphatic rings. The molecule has 3 rings (SSSR count). The minimum atomic E-state index is -3.40. The molecule has 0 atom stereocenters. The van der Waals surface area contributed by atoms with Crippen LogP contribution in [0.1, 0.15) is 19.8 Å². The molecule has 1 aromatic carbocycles. The number of ether oxygens (including phenoxy) is 1. The van der Waals surface area contributed by atoms with Gasteiger partial charge in [-0.25, -0.2) is 0 Å². The molecule has 2 aliphatic heterocycles. The molecule has 2 amide bonds. The van der Waals surface area contributed by atoms with Gasteiger partial charge in [0.15, 0.2) is 0 Å². The van der Waals surface area contributed by atoms with Crippen LogP contribution >= 0.6 is 0 Å². The first-order chi connectivity index (χ1) is 14.3. The second-order valence-corrected chi connectivity index (χ2v) is 9.36. The molecule has 0 radical (unpaired) electrons. The Bertz CT molecular complexity index is 877. The van der Waals surface area contributed by atoms with Gasteiger partial charge in [0.2, 0.25) is 11.8 Å². The maximum atomic E-state index is 12.6. The molecule has 2 N–H and O–H groups in total. The number of anilines is 2. The van der Waals surface area contributed by atoms with Crippen LogP contribution < -0.4 is 15.4 Å². The largest absolute Gasteiger partial charge is 0.495 e. The predicted molar refractivity (Wildman–Crippen MR) is 114 cm³/mol. The Morgan fingerprint density at radius 1 is 1.00 bits per heavy atom. The third-order valence-electron chi connectivity index (χ3n) is 5.21. The fourth-order valence-electron chi connectivity index (χ4n) is 3.68. The monoisotopic (exact) mass is 439 g/mol. The molecule has 0 aliphatic carbocycles. The second-order valence-electron chi connectivity index (χ2n) is 7.43. The zero-order valence-corrected chi connectivity index (χ0v) is 18.2. The van der Waals surface area contributed by atoms with Crippen molar-refractivity contribution < 1.29 is 22.7 Å². The number of amides is 2. The lowest BCUT2D eigenvalue weighted by molar-refractivity contribution is -0.117. The third kappa shape index (κ3) is 5.48. The summed E-state index contributed by atoms with van der Waals surface area (Å²) in [6.45, 7) is 4.44. The minimum absolute atomic E-state index is 0.144. The molecule has 0 unspecified atom stereocenters. The molecule has 0 aromatic heterocycles. The standard InChI is InChI=1S/C19H29N5O5S/c1-15(25)20-16-5-6-18(29-2)17(13-16)21-19(26)14-22-9-11-24(12-10-22)30(27,28)23-7-3-4-8-23/h5-6,13H,3-4,7-12,14H2,1-2H3,(H,20,25)(H,21,26). The molecule has 166 valence electrons. The maximum Gasteiger partial charge on any atom is 0.282 e. The average molecular weight is 440 g/mol. The Kier molecular flexibility index (Phi) is 7.29. The van der Waals surface area contributed by atoms with Crippen LogP contribution in [0.15, 0.2) is 18.2 Å². The van der Waals surface area contributed by atoms with E-state index in [4.69, 9.17) is 4.74 Å². The maximum absolute atomic E-state index is 12.6. The highest BCUT2D eigenvalue weighted by Crippen LogP contribution is 2.28. The van der Waals surface area contributed by atoms with Crippen LogP contribution in [0.5, 0.6) is 5.75 Å². The Labute approximate surface area is 177 Å². The number of carbonyl (C=O) groups is 2. The molecule has 2 fully saturated rings. The van der Waals surface area contributed by atoms with Crippen molar-refractivity contribution in [2.45, 2.75) is 19.8 Å². The fourth-order valence-corrected chi connectivity index (χ4v) is 5.35. The van der Waals surface area contributed by atoms with Crippen molar-refractivity contribution in [2.75, 3.05) is 63.6 Å². The van der Waals surface area contributed by atoms with Gasteiger partial charge in [0.05, 0.1) is 19.3 Å². The fraction of sp³-hybridized carbons (Fsp3) is 0.579. The number of hydrogen-bond donors (Lipinski definition) is 2. The number of nitrogens with zero attached hydrogens (tertiary/aromatic N) is 3. The number of nitrogens with one attached hydrogen (secondary N) is 2. The van der Waals surface area contributed by atoms with E-state index < -0.39 is 10.2 Å². The van der Waals surface area contributed by atoms with Crippen molar-refractivity contribution in [1.82, 2.24) is 13.5 Å². The summed E-state index contributed by atoms with van der Waals surface area (Å²) in [4.78, 5) is 25.7. The number of rotatable bonds is 7. The lowest BCUT2D eigenvalue weighted by Crippen LogP contribution is -2.53. The molecule has 0 bridgehead atoms. The van der Waals surface area contributed by atoms with E-state index in [1.54, 1.807) is 22.5 Å². The zero-order chi connectivity index (χ0) is 21.7. The van der Waals surface area contributed by atoms with E-state index in [-0.39, 0.29) is 18.4 Å². The van der Waals surface area contributed by atoms with Crippen molar-refractivity contribution in [2.24, 2.45) is 0 Å². The van der Waals surface area contributed by atoms with Crippen molar-refractivity contribution in [3.8, 4) is 5.75 Å². The Balaban J connectivity index is 1.54. The smallest absolute Gasteiger partial charge is 0.282 e. The first kappa shape index (κ1) is 22.5. The van der Waals surface area contributed by atoms with Crippen LogP contribution in [0.3, 0.4) is 0 Å². The Morgan fingerprint density at radius 3 is 2.23 bits per heavy atom. The summed E-state index contributed by atoms with van der Waals surface area (Å²) in [6.07, 6.45) is 1.82. The van der Waals surface area contributed by atoms with Crippen molar-refractivity contribution in [3.63, 3.8) is 0 Å². The Hall–Kier alpha value is -2.21. The summed E-state index contributed by atoms with van der Waals surface area (Å²) >= 11 is 0. The van der Waals surface area contributed by atoms with E-state index in [0.29, 0.717) is 56.4 Å². The van der Waals surface area contributed by atoms with Gasteiger partial charge in [-0.1, -0.05) is 0 Å². The van der Waals surface area contributed by atoms with E-state index in [9.17, 15) is 18.0 Å². The van der Waals surface area contributed by atoms with Crippen molar-refractivity contribution >= 4 is 33.4 Å². The van der Waals surface area contributed by atoms with Crippen LogP contribution in [0.25, 0.3) is 0 Å². The number of piperazine rings is 1. The van der Waals surface area contributed by atoms with Gasteiger partial charge in [0.25, 0.3) is 10.2 Å². The molecule has 11 heteroatoms. The van der Waals surface area contributed by atoms with E-state index in [2.05, 4.69) is 10.6 Å². The lowest BCUT2D eigenvalue weighted by Gasteiger charge is -2.35. The Morgan fingerprint density at radius 2 is 1.63 bits per heavy atom. The minimum Gasteiger partial charge on any atom is -0.495 e. The van der Waals surface area contributed by atoms with Crippen LogP contribution in [-0.2, 0) is 19.8 Å². The summed E-state index contributed by atoms with van der Waals surface area (Å²) in [5.74, 6) is 0.0438. The predicted octanol–water partition coefficient (Wildman–Crippen LogP) is 0.550. The molecular formula is C19H29N5O5S. The van der Waals surface area contributed by atoms with Gasteiger partial charge in [-0.3, -0.25) is 14.5 Å². The molecule has 30 heavy (non-hydrogen) atoms.